The summed E-state index contributed by atoms with van der Waals surface area (Å²) in [6.07, 6.45) is 2.07. The first-order valence-electron chi connectivity index (χ1n) is 11.3. The van der Waals surface area contributed by atoms with E-state index in [-0.39, 0.29) is 18.0 Å². The van der Waals surface area contributed by atoms with Gasteiger partial charge in [-0.3, -0.25) is 4.79 Å². The normalized spacial score (nSPS) is 19.9. The number of morpholine rings is 1. The van der Waals surface area contributed by atoms with Crippen molar-refractivity contribution in [2.75, 3.05) is 36.6 Å². The Balaban J connectivity index is 1.45. The highest BCUT2D eigenvalue weighted by atomic mass is 16.5. The highest BCUT2D eigenvalue weighted by Crippen LogP contribution is 2.33. The minimum absolute atomic E-state index is 0.137. The third-order valence-corrected chi connectivity index (χ3v) is 6.21. The third kappa shape index (κ3) is 4.62. The van der Waals surface area contributed by atoms with Crippen LogP contribution in [0, 0.1) is 0 Å². The predicted octanol–water partition coefficient (Wildman–Crippen LogP) is 1.49. The number of aliphatic hydroxyl groups excluding tert-OH is 1. The van der Waals surface area contributed by atoms with Crippen molar-refractivity contribution < 1.29 is 19.4 Å². The van der Waals surface area contributed by atoms with Gasteiger partial charge in [0.25, 0.3) is 0 Å². The summed E-state index contributed by atoms with van der Waals surface area (Å²) in [6, 6.07) is 7.75. The molecule has 174 valence electrons. The topological polar surface area (TPSA) is 120 Å². The van der Waals surface area contributed by atoms with Crippen LogP contribution in [0.1, 0.15) is 31.0 Å². The lowest BCUT2D eigenvalue weighted by Crippen LogP contribution is -2.44. The van der Waals surface area contributed by atoms with Crippen LogP contribution >= 0.6 is 0 Å². The summed E-state index contributed by atoms with van der Waals surface area (Å²) in [7, 11) is 0. The lowest BCUT2D eigenvalue weighted by molar-refractivity contribution is -0.134. The SMILES string of the molecule is C[C@H]1COCCN1c1nc2c(c(-c3ccc(NC(=O)NC4CC4)cc3)n1)CN(C(=O)CO)C2. The van der Waals surface area contributed by atoms with Crippen LogP contribution in [-0.4, -0.2) is 70.4 Å². The zero-order chi connectivity index (χ0) is 22.9. The number of carbonyl (C=O) groups is 2. The molecular weight excluding hydrogens is 424 g/mol. The molecule has 2 fully saturated rings. The first kappa shape index (κ1) is 21.6. The number of nitrogens with one attached hydrogen (secondary N) is 2. The van der Waals surface area contributed by atoms with Crippen LogP contribution in [0.2, 0.25) is 0 Å². The van der Waals surface area contributed by atoms with Gasteiger partial charge in [-0.25, -0.2) is 14.8 Å². The number of fused-ring (bicyclic) bond motifs is 1. The fourth-order valence-corrected chi connectivity index (χ4v) is 4.20. The van der Waals surface area contributed by atoms with Crippen molar-refractivity contribution in [1.82, 2.24) is 20.2 Å². The molecule has 3 aliphatic rings. The number of hydrogen-bond acceptors (Lipinski definition) is 7. The van der Waals surface area contributed by atoms with Crippen LogP contribution in [0.25, 0.3) is 11.3 Å². The van der Waals surface area contributed by atoms with Crippen molar-refractivity contribution in [2.24, 2.45) is 0 Å². The van der Waals surface area contributed by atoms with Gasteiger partial charge in [-0.05, 0) is 31.9 Å². The molecule has 3 amide bonds. The second-order valence-electron chi connectivity index (χ2n) is 8.77. The molecule has 3 heterocycles. The van der Waals surface area contributed by atoms with Crippen molar-refractivity contribution in [1.29, 1.82) is 0 Å². The van der Waals surface area contributed by atoms with Gasteiger partial charge >= 0.3 is 6.03 Å². The largest absolute Gasteiger partial charge is 0.387 e. The molecule has 10 nitrogen and oxygen atoms in total. The van der Waals surface area contributed by atoms with E-state index in [1.54, 1.807) is 4.90 Å². The van der Waals surface area contributed by atoms with Gasteiger partial charge in [-0.2, -0.15) is 0 Å². The fraction of sp³-hybridized carbons (Fsp3) is 0.478. The van der Waals surface area contributed by atoms with Crippen molar-refractivity contribution >= 4 is 23.6 Å². The van der Waals surface area contributed by atoms with E-state index >= 15 is 0 Å². The molecule has 1 aromatic carbocycles. The minimum Gasteiger partial charge on any atom is -0.387 e. The van der Waals surface area contributed by atoms with Crippen molar-refractivity contribution in [2.45, 2.75) is 44.9 Å². The number of benzene rings is 1. The first-order valence-corrected chi connectivity index (χ1v) is 11.3. The van der Waals surface area contributed by atoms with E-state index < -0.39 is 6.61 Å². The maximum Gasteiger partial charge on any atom is 0.319 e. The Morgan fingerprint density at radius 3 is 2.67 bits per heavy atom. The lowest BCUT2D eigenvalue weighted by atomic mass is 10.1. The number of aliphatic hydroxyl groups is 1. The van der Waals surface area contributed by atoms with E-state index in [0.29, 0.717) is 50.5 Å². The number of aromatic nitrogens is 2. The van der Waals surface area contributed by atoms with Gasteiger partial charge in [0.15, 0.2) is 0 Å². The van der Waals surface area contributed by atoms with Crippen LogP contribution in [0.15, 0.2) is 24.3 Å². The smallest absolute Gasteiger partial charge is 0.319 e. The Bertz CT molecular complexity index is 1060. The van der Waals surface area contributed by atoms with Crippen molar-refractivity contribution in [3.05, 3.63) is 35.5 Å². The molecule has 2 aliphatic heterocycles. The maximum atomic E-state index is 12.2. The second-order valence-corrected chi connectivity index (χ2v) is 8.77. The van der Waals surface area contributed by atoms with E-state index in [1.807, 2.05) is 24.3 Å². The molecular formula is C23H28N6O4. The summed E-state index contributed by atoms with van der Waals surface area (Å²) in [5.74, 6) is 0.283. The zero-order valence-electron chi connectivity index (χ0n) is 18.6. The summed E-state index contributed by atoms with van der Waals surface area (Å²) < 4.78 is 5.56. The van der Waals surface area contributed by atoms with Gasteiger partial charge < -0.3 is 30.3 Å². The molecule has 1 atom stereocenters. The fourth-order valence-electron chi connectivity index (χ4n) is 4.20. The summed E-state index contributed by atoms with van der Waals surface area (Å²) >= 11 is 0. The molecule has 2 aromatic rings. The molecule has 0 radical (unpaired) electrons. The van der Waals surface area contributed by atoms with Gasteiger partial charge in [-0.15, -0.1) is 0 Å². The predicted molar refractivity (Wildman–Crippen MR) is 122 cm³/mol. The number of ether oxygens (including phenoxy) is 1. The van der Waals surface area contributed by atoms with E-state index in [1.165, 1.54) is 0 Å². The first-order chi connectivity index (χ1) is 16.0. The lowest BCUT2D eigenvalue weighted by Gasteiger charge is -2.33. The molecule has 33 heavy (non-hydrogen) atoms. The Morgan fingerprint density at radius 1 is 1.18 bits per heavy atom. The highest BCUT2D eigenvalue weighted by Gasteiger charge is 2.31. The van der Waals surface area contributed by atoms with Crippen LogP contribution in [0.3, 0.4) is 0 Å². The average Bonchev–Trinajstić information content (AvgIpc) is 3.52. The number of carbonyl (C=O) groups excluding carboxylic acids is 2. The Kier molecular flexibility index (Phi) is 5.86. The molecule has 1 aromatic heterocycles. The van der Waals surface area contributed by atoms with Crippen molar-refractivity contribution in [3.63, 3.8) is 0 Å². The van der Waals surface area contributed by atoms with Gasteiger partial charge in [-0.1, -0.05) is 12.1 Å². The van der Waals surface area contributed by atoms with Crippen LogP contribution in [-0.2, 0) is 22.6 Å². The van der Waals surface area contributed by atoms with Crippen molar-refractivity contribution in [3.8, 4) is 11.3 Å². The number of anilines is 2. The Hall–Kier alpha value is -3.24. The van der Waals surface area contributed by atoms with E-state index in [0.717, 1.165) is 35.4 Å². The molecule has 0 unspecified atom stereocenters. The minimum atomic E-state index is -0.534. The summed E-state index contributed by atoms with van der Waals surface area (Å²) in [5.41, 5.74) is 4.01. The van der Waals surface area contributed by atoms with Gasteiger partial charge in [0.2, 0.25) is 11.9 Å². The van der Waals surface area contributed by atoms with E-state index in [4.69, 9.17) is 14.7 Å². The monoisotopic (exact) mass is 452 g/mol. The summed E-state index contributed by atoms with van der Waals surface area (Å²) in [5, 5.41) is 15.1. The second kappa shape index (κ2) is 8.95. The Morgan fingerprint density at radius 2 is 1.97 bits per heavy atom. The van der Waals surface area contributed by atoms with E-state index in [2.05, 4.69) is 22.5 Å². The van der Waals surface area contributed by atoms with Gasteiger partial charge in [0.05, 0.1) is 43.7 Å². The highest BCUT2D eigenvalue weighted by molar-refractivity contribution is 5.90. The molecule has 0 bridgehead atoms. The quantitative estimate of drug-likeness (QED) is 0.629. The van der Waals surface area contributed by atoms with Gasteiger partial charge in [0.1, 0.15) is 6.61 Å². The number of hydrogen-bond donors (Lipinski definition) is 3. The molecule has 10 heteroatoms. The van der Waals surface area contributed by atoms with Crippen LogP contribution < -0.4 is 15.5 Å². The molecule has 1 saturated heterocycles. The molecule has 0 spiro atoms. The Labute approximate surface area is 192 Å². The maximum absolute atomic E-state index is 12.2. The molecule has 1 aliphatic carbocycles. The molecule has 5 rings (SSSR count). The molecule has 1 saturated carbocycles. The summed E-state index contributed by atoms with van der Waals surface area (Å²) in [6.45, 7) is 4.14. The molecule has 3 N–H and O–H groups in total. The summed E-state index contributed by atoms with van der Waals surface area (Å²) in [4.78, 5) is 37.6. The van der Waals surface area contributed by atoms with Crippen LogP contribution in [0.5, 0.6) is 0 Å². The van der Waals surface area contributed by atoms with E-state index in [9.17, 15) is 14.7 Å². The van der Waals surface area contributed by atoms with Crippen LogP contribution in [0.4, 0.5) is 16.4 Å². The average molecular weight is 453 g/mol. The number of urea groups is 1. The number of amides is 3. The standard InChI is InChI=1S/C23H28N6O4/c1-14-13-33-9-8-29(14)22-26-19-11-28(20(31)12-30)10-18(19)21(27-22)15-2-4-16(5-3-15)24-23(32)25-17-6-7-17/h2-5,14,17,30H,6-13H2,1H3,(H2,24,25,32)/t14-/m0/s1. The zero-order valence-corrected chi connectivity index (χ0v) is 18.6. The number of nitrogens with zero attached hydrogens (tertiary/aromatic N) is 4. The number of rotatable bonds is 5. The third-order valence-electron chi connectivity index (χ3n) is 6.21. The van der Waals surface area contributed by atoms with Gasteiger partial charge in [0, 0.05) is 29.4 Å².